The van der Waals surface area contributed by atoms with Crippen molar-refractivity contribution in [3.8, 4) is 0 Å². The van der Waals surface area contributed by atoms with Crippen LogP contribution in [0.15, 0.2) is 41.1 Å². The highest BCUT2D eigenvalue weighted by atomic mass is 16.5. The number of anilines is 1. The summed E-state index contributed by atoms with van der Waals surface area (Å²) in [4.78, 5) is 0. The highest BCUT2D eigenvalue weighted by Gasteiger charge is 2.06. The average molecular weight is 240 g/mol. The second-order valence-corrected chi connectivity index (χ2v) is 4.02. The van der Waals surface area contributed by atoms with E-state index in [9.17, 15) is 0 Å². The van der Waals surface area contributed by atoms with Gasteiger partial charge in [-0.3, -0.25) is 0 Å². The van der Waals surface area contributed by atoms with Crippen LogP contribution in [0.1, 0.15) is 11.4 Å². The molecule has 90 valence electrons. The van der Waals surface area contributed by atoms with Gasteiger partial charge in [-0.2, -0.15) is 5.10 Å². The molecule has 3 aromatic rings. The molecule has 5 heteroatoms. The molecule has 1 N–H and O–H groups in total. The molecule has 0 radical (unpaired) electrons. The minimum atomic E-state index is 0.568. The van der Waals surface area contributed by atoms with Crippen LogP contribution in [0, 0.1) is 6.92 Å². The molecule has 2 aromatic heterocycles. The minimum absolute atomic E-state index is 0.568. The Bertz CT molecular complexity index is 664. The van der Waals surface area contributed by atoms with Crippen LogP contribution < -0.4 is 5.32 Å². The lowest BCUT2D eigenvalue weighted by atomic mass is 10.1. The smallest absolute Gasteiger partial charge is 0.156 e. The Morgan fingerprint density at radius 1 is 1.11 bits per heavy atom. The van der Waals surface area contributed by atoms with Gasteiger partial charge in [0.1, 0.15) is 12.0 Å². The Hall–Kier alpha value is -2.43. The first-order valence-electron chi connectivity index (χ1n) is 5.70. The number of nitrogens with one attached hydrogen (secondary N) is 1. The van der Waals surface area contributed by atoms with Gasteiger partial charge in [0, 0.05) is 16.8 Å². The fourth-order valence-electron chi connectivity index (χ4n) is 1.87. The largest absolute Gasteiger partial charge is 0.364 e. The molecule has 0 aliphatic heterocycles. The quantitative estimate of drug-likeness (QED) is 0.762. The molecule has 0 saturated heterocycles. The summed E-state index contributed by atoms with van der Waals surface area (Å²) in [5.74, 6) is 0.763. The standard InChI is InChI=1S/C13H12N4O/c1-9-11-4-2-3-5-12(11)13(16-15-9)14-8-10-6-7-18-17-10/h2-7H,8H2,1H3,(H,14,16). The van der Waals surface area contributed by atoms with Crippen LogP contribution >= 0.6 is 0 Å². The summed E-state index contributed by atoms with van der Waals surface area (Å²) < 4.78 is 4.78. The van der Waals surface area contributed by atoms with Crippen molar-refractivity contribution in [2.24, 2.45) is 0 Å². The van der Waals surface area contributed by atoms with Gasteiger partial charge in [-0.25, -0.2) is 0 Å². The van der Waals surface area contributed by atoms with E-state index in [1.165, 1.54) is 0 Å². The Morgan fingerprint density at radius 3 is 2.72 bits per heavy atom. The highest BCUT2D eigenvalue weighted by Crippen LogP contribution is 2.22. The summed E-state index contributed by atoms with van der Waals surface area (Å²) in [6, 6.07) is 9.88. The third-order valence-electron chi connectivity index (χ3n) is 2.80. The summed E-state index contributed by atoms with van der Waals surface area (Å²) in [7, 11) is 0. The molecule has 0 amide bonds. The average Bonchev–Trinajstić information content (AvgIpc) is 2.92. The van der Waals surface area contributed by atoms with Gasteiger partial charge >= 0.3 is 0 Å². The molecule has 1 aromatic carbocycles. The van der Waals surface area contributed by atoms with Crippen LogP contribution in [0.5, 0.6) is 0 Å². The van der Waals surface area contributed by atoms with E-state index >= 15 is 0 Å². The maximum Gasteiger partial charge on any atom is 0.156 e. The zero-order valence-corrected chi connectivity index (χ0v) is 9.92. The lowest BCUT2D eigenvalue weighted by molar-refractivity contribution is 0.412. The molecule has 2 heterocycles. The lowest BCUT2D eigenvalue weighted by Crippen LogP contribution is -2.04. The van der Waals surface area contributed by atoms with Gasteiger partial charge in [0.2, 0.25) is 0 Å². The minimum Gasteiger partial charge on any atom is -0.364 e. The first kappa shape index (κ1) is 10.7. The van der Waals surface area contributed by atoms with E-state index in [4.69, 9.17) is 4.52 Å². The molecular weight excluding hydrogens is 228 g/mol. The van der Waals surface area contributed by atoms with Crippen molar-refractivity contribution in [1.29, 1.82) is 0 Å². The number of benzene rings is 1. The normalized spacial score (nSPS) is 10.7. The van der Waals surface area contributed by atoms with Crippen LogP contribution in [0.3, 0.4) is 0 Å². The molecule has 5 nitrogen and oxygen atoms in total. The monoisotopic (exact) mass is 240 g/mol. The Morgan fingerprint density at radius 2 is 1.94 bits per heavy atom. The molecule has 0 fully saturated rings. The van der Waals surface area contributed by atoms with E-state index in [1.54, 1.807) is 6.26 Å². The van der Waals surface area contributed by atoms with Crippen LogP contribution in [0.4, 0.5) is 5.82 Å². The lowest BCUT2D eigenvalue weighted by Gasteiger charge is -2.07. The van der Waals surface area contributed by atoms with E-state index in [0.29, 0.717) is 6.54 Å². The second kappa shape index (κ2) is 4.44. The fraction of sp³-hybridized carbons (Fsp3) is 0.154. The van der Waals surface area contributed by atoms with Crippen molar-refractivity contribution in [3.05, 3.63) is 48.0 Å². The summed E-state index contributed by atoms with van der Waals surface area (Å²) >= 11 is 0. The van der Waals surface area contributed by atoms with Crippen LogP contribution in [-0.4, -0.2) is 15.4 Å². The number of nitrogens with zero attached hydrogens (tertiary/aromatic N) is 3. The first-order valence-corrected chi connectivity index (χ1v) is 5.70. The Kier molecular flexibility index (Phi) is 2.64. The van der Waals surface area contributed by atoms with Gasteiger partial charge < -0.3 is 9.84 Å². The molecule has 0 bridgehead atoms. The number of hydrogen-bond acceptors (Lipinski definition) is 5. The Balaban J connectivity index is 1.94. The summed E-state index contributed by atoms with van der Waals surface area (Å²) in [5.41, 5.74) is 1.76. The molecule has 0 atom stereocenters. The zero-order chi connectivity index (χ0) is 12.4. The van der Waals surface area contributed by atoms with Crippen molar-refractivity contribution in [2.45, 2.75) is 13.5 Å². The predicted octanol–water partition coefficient (Wildman–Crippen LogP) is 2.54. The SMILES string of the molecule is Cc1nnc(NCc2ccon2)c2ccccc12. The fourth-order valence-corrected chi connectivity index (χ4v) is 1.87. The van der Waals surface area contributed by atoms with E-state index < -0.39 is 0 Å². The van der Waals surface area contributed by atoms with Crippen molar-refractivity contribution >= 4 is 16.6 Å². The van der Waals surface area contributed by atoms with Crippen LogP contribution in [-0.2, 0) is 6.54 Å². The Labute approximate surface area is 104 Å². The molecule has 0 saturated carbocycles. The van der Waals surface area contributed by atoms with Gasteiger partial charge in [-0.05, 0) is 6.92 Å². The van der Waals surface area contributed by atoms with Crippen molar-refractivity contribution in [1.82, 2.24) is 15.4 Å². The van der Waals surface area contributed by atoms with Crippen LogP contribution in [0.25, 0.3) is 10.8 Å². The third-order valence-corrected chi connectivity index (χ3v) is 2.80. The third kappa shape index (κ3) is 1.90. The molecule has 0 unspecified atom stereocenters. The van der Waals surface area contributed by atoms with Gasteiger partial charge in [0.15, 0.2) is 5.82 Å². The molecule has 3 rings (SSSR count). The summed E-state index contributed by atoms with van der Waals surface area (Å²) in [6.07, 6.45) is 1.55. The number of aryl methyl sites for hydroxylation is 1. The molecule has 0 aliphatic rings. The summed E-state index contributed by atoms with van der Waals surface area (Å²) in [5, 5.41) is 17.6. The van der Waals surface area contributed by atoms with Gasteiger partial charge in [-0.15, -0.1) is 5.10 Å². The van der Waals surface area contributed by atoms with Crippen LogP contribution in [0.2, 0.25) is 0 Å². The molecular formula is C13H12N4O. The van der Waals surface area contributed by atoms with E-state index in [0.717, 1.165) is 28.0 Å². The number of aromatic nitrogens is 3. The molecule has 0 spiro atoms. The summed E-state index contributed by atoms with van der Waals surface area (Å²) in [6.45, 7) is 2.52. The first-order chi connectivity index (χ1) is 8.84. The van der Waals surface area contributed by atoms with E-state index in [-0.39, 0.29) is 0 Å². The number of fused-ring (bicyclic) bond motifs is 1. The van der Waals surface area contributed by atoms with Gasteiger partial charge in [0.05, 0.1) is 12.2 Å². The van der Waals surface area contributed by atoms with Crippen molar-refractivity contribution < 1.29 is 4.52 Å². The second-order valence-electron chi connectivity index (χ2n) is 4.02. The number of hydrogen-bond donors (Lipinski definition) is 1. The predicted molar refractivity (Wildman–Crippen MR) is 68.1 cm³/mol. The van der Waals surface area contributed by atoms with Crippen molar-refractivity contribution in [3.63, 3.8) is 0 Å². The van der Waals surface area contributed by atoms with Crippen molar-refractivity contribution in [2.75, 3.05) is 5.32 Å². The maximum absolute atomic E-state index is 4.78. The van der Waals surface area contributed by atoms with E-state index in [1.807, 2.05) is 37.3 Å². The molecule has 0 aliphatic carbocycles. The van der Waals surface area contributed by atoms with Gasteiger partial charge in [-0.1, -0.05) is 29.4 Å². The maximum atomic E-state index is 4.78. The van der Waals surface area contributed by atoms with Gasteiger partial charge in [0.25, 0.3) is 0 Å². The molecule has 18 heavy (non-hydrogen) atoms. The van der Waals surface area contributed by atoms with E-state index in [2.05, 4.69) is 20.7 Å². The number of rotatable bonds is 3. The zero-order valence-electron chi connectivity index (χ0n) is 9.92. The topological polar surface area (TPSA) is 63.8 Å². The highest BCUT2D eigenvalue weighted by molar-refractivity contribution is 5.92.